The Morgan fingerprint density at radius 2 is 1.89 bits per heavy atom. The average molecular weight is 273 g/mol. The molecule has 0 aromatic carbocycles. The summed E-state index contributed by atoms with van der Waals surface area (Å²) in [5.74, 6) is 0.319. The van der Waals surface area contributed by atoms with Crippen molar-refractivity contribution in [2.24, 2.45) is 7.05 Å². The van der Waals surface area contributed by atoms with E-state index < -0.39 is 10.2 Å². The number of hydrogen-bond acceptors (Lipinski definition) is 4. The minimum Gasteiger partial charge on any atom is -0.394 e. The lowest BCUT2D eigenvalue weighted by Crippen LogP contribution is -2.37. The molecule has 8 heteroatoms. The molecule has 1 aromatic heterocycles. The van der Waals surface area contributed by atoms with Crippen LogP contribution < -0.4 is 10.5 Å². The highest BCUT2D eigenvalue weighted by molar-refractivity contribution is 7.90. The fourth-order valence-corrected chi connectivity index (χ4v) is 3.41. The first-order chi connectivity index (χ1) is 8.50. The van der Waals surface area contributed by atoms with Gasteiger partial charge < -0.3 is 5.73 Å². The van der Waals surface area contributed by atoms with Crippen LogP contribution in [0.25, 0.3) is 0 Å². The maximum Gasteiger partial charge on any atom is 0.302 e. The third kappa shape index (κ3) is 2.75. The molecule has 2 rings (SSSR count). The number of rotatable bonds is 3. The van der Waals surface area contributed by atoms with Crippen LogP contribution in [0.4, 0.5) is 11.5 Å². The first-order valence-electron chi connectivity index (χ1n) is 6.06. The van der Waals surface area contributed by atoms with E-state index in [1.165, 1.54) is 15.2 Å². The van der Waals surface area contributed by atoms with Gasteiger partial charge in [0.05, 0.1) is 11.9 Å². The van der Waals surface area contributed by atoms with E-state index in [1.54, 1.807) is 7.05 Å². The SMILES string of the molecule is Cn1ncc(N)c1NS(=O)(=O)N1CCCCCC1. The monoisotopic (exact) mass is 273 g/mol. The quantitative estimate of drug-likeness (QED) is 0.840. The van der Waals surface area contributed by atoms with Crippen molar-refractivity contribution in [3.8, 4) is 0 Å². The van der Waals surface area contributed by atoms with Gasteiger partial charge >= 0.3 is 10.2 Å². The van der Waals surface area contributed by atoms with E-state index in [-0.39, 0.29) is 0 Å². The zero-order valence-corrected chi connectivity index (χ0v) is 11.3. The molecule has 1 aliphatic heterocycles. The summed E-state index contributed by atoms with van der Waals surface area (Å²) in [5.41, 5.74) is 6.01. The number of anilines is 2. The van der Waals surface area contributed by atoms with Crippen LogP contribution >= 0.6 is 0 Å². The van der Waals surface area contributed by atoms with Gasteiger partial charge in [0.15, 0.2) is 5.82 Å². The van der Waals surface area contributed by atoms with E-state index in [0.29, 0.717) is 24.6 Å². The number of nitrogens with zero attached hydrogens (tertiary/aromatic N) is 3. The summed E-state index contributed by atoms with van der Waals surface area (Å²) in [4.78, 5) is 0. The molecule has 0 radical (unpaired) electrons. The first-order valence-corrected chi connectivity index (χ1v) is 7.50. The van der Waals surface area contributed by atoms with Gasteiger partial charge in [0.1, 0.15) is 0 Å². The maximum atomic E-state index is 12.2. The van der Waals surface area contributed by atoms with E-state index in [4.69, 9.17) is 5.73 Å². The second kappa shape index (κ2) is 5.15. The van der Waals surface area contributed by atoms with Crippen LogP contribution in [0.5, 0.6) is 0 Å². The Bertz CT molecular complexity index is 483. The van der Waals surface area contributed by atoms with Crippen molar-refractivity contribution in [3.63, 3.8) is 0 Å². The summed E-state index contributed by atoms with van der Waals surface area (Å²) in [6.07, 6.45) is 5.41. The predicted octanol–water partition coefficient (Wildman–Crippen LogP) is 0.535. The van der Waals surface area contributed by atoms with E-state index in [2.05, 4.69) is 9.82 Å². The Labute approximate surface area is 107 Å². The number of aryl methyl sites for hydroxylation is 1. The van der Waals surface area contributed by atoms with Crippen molar-refractivity contribution in [1.82, 2.24) is 14.1 Å². The number of hydrogen-bond donors (Lipinski definition) is 2. The largest absolute Gasteiger partial charge is 0.394 e. The highest BCUT2D eigenvalue weighted by atomic mass is 32.2. The Morgan fingerprint density at radius 1 is 1.28 bits per heavy atom. The molecule has 0 atom stereocenters. The summed E-state index contributed by atoms with van der Waals surface area (Å²) in [7, 11) is -1.88. The second-order valence-corrected chi connectivity index (χ2v) is 6.16. The molecule has 0 spiro atoms. The molecular weight excluding hydrogens is 254 g/mol. The van der Waals surface area contributed by atoms with Gasteiger partial charge in [-0.25, -0.2) is 0 Å². The highest BCUT2D eigenvalue weighted by Crippen LogP contribution is 2.20. The van der Waals surface area contributed by atoms with Crippen LogP contribution in [0.15, 0.2) is 6.20 Å². The van der Waals surface area contributed by atoms with E-state index in [9.17, 15) is 8.42 Å². The molecule has 102 valence electrons. The number of nitrogens with one attached hydrogen (secondary N) is 1. The molecule has 1 aliphatic rings. The molecule has 2 heterocycles. The number of aromatic nitrogens is 2. The lowest BCUT2D eigenvalue weighted by molar-refractivity contribution is 0.427. The third-order valence-electron chi connectivity index (χ3n) is 3.10. The minimum atomic E-state index is -3.53. The van der Waals surface area contributed by atoms with Crippen LogP contribution in [0, 0.1) is 0 Å². The fourth-order valence-electron chi connectivity index (χ4n) is 2.05. The molecule has 0 aliphatic carbocycles. The Hall–Kier alpha value is -1.28. The Morgan fingerprint density at radius 3 is 2.39 bits per heavy atom. The van der Waals surface area contributed by atoms with Gasteiger partial charge in [0, 0.05) is 20.1 Å². The van der Waals surface area contributed by atoms with Gasteiger partial charge in [-0.15, -0.1) is 0 Å². The lowest BCUT2D eigenvalue weighted by Gasteiger charge is -2.20. The first kappa shape index (κ1) is 13.2. The van der Waals surface area contributed by atoms with Gasteiger partial charge in [0.2, 0.25) is 0 Å². The molecule has 1 saturated heterocycles. The van der Waals surface area contributed by atoms with Crippen LogP contribution in [0.1, 0.15) is 25.7 Å². The smallest absolute Gasteiger partial charge is 0.302 e. The summed E-state index contributed by atoms with van der Waals surface area (Å²) in [6.45, 7) is 1.13. The fraction of sp³-hybridized carbons (Fsp3) is 0.700. The van der Waals surface area contributed by atoms with Crippen LogP contribution in [0.2, 0.25) is 0 Å². The minimum absolute atomic E-state index is 0.319. The van der Waals surface area contributed by atoms with Gasteiger partial charge in [0.25, 0.3) is 0 Å². The molecule has 3 N–H and O–H groups in total. The summed E-state index contributed by atoms with van der Waals surface area (Å²) < 4.78 is 29.9. The lowest BCUT2D eigenvalue weighted by atomic mass is 10.2. The molecular formula is C10H19N5O2S. The summed E-state index contributed by atoms with van der Waals surface area (Å²) in [6, 6.07) is 0. The third-order valence-corrected chi connectivity index (χ3v) is 4.59. The molecule has 1 aromatic rings. The standard InChI is InChI=1S/C10H19N5O2S/c1-14-10(9(11)8-12-14)13-18(16,17)15-6-4-2-3-5-7-15/h8,13H,2-7,11H2,1H3. The zero-order valence-electron chi connectivity index (χ0n) is 10.5. The van der Waals surface area contributed by atoms with Gasteiger partial charge in [-0.1, -0.05) is 12.8 Å². The molecule has 1 fully saturated rings. The summed E-state index contributed by atoms with van der Waals surface area (Å²) >= 11 is 0. The van der Waals surface area contributed by atoms with E-state index in [0.717, 1.165) is 25.7 Å². The molecule has 7 nitrogen and oxygen atoms in total. The molecule has 0 bridgehead atoms. The van der Waals surface area contributed by atoms with Crippen LogP contribution in [-0.4, -0.2) is 35.6 Å². The van der Waals surface area contributed by atoms with Gasteiger partial charge in [-0.05, 0) is 12.8 Å². The molecule has 0 saturated carbocycles. The highest BCUT2D eigenvalue weighted by Gasteiger charge is 2.24. The van der Waals surface area contributed by atoms with Crippen LogP contribution in [0.3, 0.4) is 0 Å². The maximum absolute atomic E-state index is 12.2. The van der Waals surface area contributed by atoms with Gasteiger partial charge in [-0.2, -0.15) is 17.8 Å². The normalized spacial score (nSPS) is 18.5. The topological polar surface area (TPSA) is 93.2 Å². The molecule has 0 unspecified atom stereocenters. The predicted molar refractivity (Wildman–Crippen MR) is 70.2 cm³/mol. The molecule has 18 heavy (non-hydrogen) atoms. The average Bonchev–Trinajstić information content (AvgIpc) is 2.60. The Kier molecular flexibility index (Phi) is 3.76. The van der Waals surface area contributed by atoms with Crippen molar-refractivity contribution in [1.29, 1.82) is 0 Å². The Balaban J connectivity index is 2.16. The second-order valence-electron chi connectivity index (χ2n) is 4.49. The van der Waals surface area contributed by atoms with Crippen molar-refractivity contribution in [2.75, 3.05) is 23.5 Å². The zero-order chi connectivity index (χ0) is 13.2. The van der Waals surface area contributed by atoms with Crippen molar-refractivity contribution in [2.45, 2.75) is 25.7 Å². The van der Waals surface area contributed by atoms with Crippen molar-refractivity contribution in [3.05, 3.63) is 6.20 Å². The molecule has 0 amide bonds. The van der Waals surface area contributed by atoms with Gasteiger partial charge in [-0.3, -0.25) is 9.40 Å². The van der Waals surface area contributed by atoms with E-state index >= 15 is 0 Å². The van der Waals surface area contributed by atoms with Crippen molar-refractivity contribution < 1.29 is 8.42 Å². The number of nitrogens with two attached hydrogens (primary N) is 1. The number of nitrogen functional groups attached to an aromatic ring is 1. The van der Waals surface area contributed by atoms with E-state index in [1.807, 2.05) is 0 Å². The van der Waals surface area contributed by atoms with Crippen LogP contribution in [-0.2, 0) is 17.3 Å². The summed E-state index contributed by atoms with van der Waals surface area (Å²) in [5, 5.41) is 3.91. The van der Waals surface area contributed by atoms with Crippen molar-refractivity contribution >= 4 is 21.7 Å².